The molecule has 1 aromatic carbocycles. The lowest BCUT2D eigenvalue weighted by Crippen LogP contribution is -2.29. The third-order valence-corrected chi connectivity index (χ3v) is 8.03. The molecule has 176 valence electrons. The maximum absolute atomic E-state index is 13.6. The van der Waals surface area contributed by atoms with E-state index >= 15 is 0 Å². The summed E-state index contributed by atoms with van der Waals surface area (Å²) in [6.07, 6.45) is 2.20. The fourth-order valence-corrected chi connectivity index (χ4v) is 6.18. The van der Waals surface area contributed by atoms with Crippen molar-refractivity contribution in [3.05, 3.63) is 91.8 Å². The van der Waals surface area contributed by atoms with Gasteiger partial charge in [-0.05, 0) is 69.8 Å². The molecule has 6 nitrogen and oxygen atoms in total. The Balaban J connectivity index is 1.50. The van der Waals surface area contributed by atoms with Crippen molar-refractivity contribution in [2.45, 2.75) is 39.7 Å². The number of nitrogens with zero attached hydrogens (tertiary/aromatic N) is 4. The van der Waals surface area contributed by atoms with Gasteiger partial charge in [0.15, 0.2) is 5.78 Å². The first-order chi connectivity index (χ1) is 16.4. The predicted molar refractivity (Wildman–Crippen MR) is 137 cm³/mol. The van der Waals surface area contributed by atoms with Crippen LogP contribution in [0.3, 0.4) is 0 Å². The molecule has 1 saturated heterocycles. The highest BCUT2D eigenvalue weighted by molar-refractivity contribution is 7.10. The Labute approximate surface area is 203 Å². The summed E-state index contributed by atoms with van der Waals surface area (Å²) in [5, 5.41) is 2.10. The van der Waals surface area contributed by atoms with Crippen molar-refractivity contribution in [2.24, 2.45) is 7.05 Å². The molecule has 34 heavy (non-hydrogen) atoms. The number of carbonyl (C=O) groups excluding carboxylic acids is 1. The van der Waals surface area contributed by atoms with Gasteiger partial charge in [-0.3, -0.25) is 19.2 Å². The summed E-state index contributed by atoms with van der Waals surface area (Å²) in [6.45, 7) is 7.19. The van der Waals surface area contributed by atoms with E-state index in [-0.39, 0.29) is 11.3 Å². The third-order valence-electron chi connectivity index (χ3n) is 7.06. The number of ketones is 1. The number of rotatable bonds is 6. The Morgan fingerprint density at radius 2 is 1.82 bits per heavy atom. The van der Waals surface area contributed by atoms with E-state index in [0.717, 1.165) is 42.2 Å². The molecule has 0 amide bonds. The average molecular weight is 475 g/mol. The molecule has 0 N–H and O–H groups in total. The molecule has 4 aromatic rings. The molecule has 1 aliphatic rings. The monoisotopic (exact) mass is 474 g/mol. The summed E-state index contributed by atoms with van der Waals surface area (Å²) < 4.78 is 5.51. The first-order valence-electron chi connectivity index (χ1n) is 11.7. The number of benzene rings is 1. The Bertz CT molecular complexity index is 1390. The van der Waals surface area contributed by atoms with E-state index in [9.17, 15) is 9.59 Å². The molecule has 1 fully saturated rings. The number of para-hydroxylation sites is 1. The zero-order valence-electron chi connectivity index (χ0n) is 20.1. The molecule has 5 rings (SSSR count). The van der Waals surface area contributed by atoms with Gasteiger partial charge < -0.3 is 4.57 Å². The molecule has 0 unspecified atom stereocenters. The fraction of sp³-hybridized carbons (Fsp3) is 0.333. The van der Waals surface area contributed by atoms with E-state index in [1.54, 1.807) is 16.0 Å². The zero-order valence-corrected chi connectivity index (χ0v) is 20.9. The lowest BCUT2D eigenvalue weighted by Gasteiger charge is -2.22. The van der Waals surface area contributed by atoms with Crippen LogP contribution in [0, 0.1) is 20.8 Å². The van der Waals surface area contributed by atoms with Gasteiger partial charge in [0.05, 0.1) is 17.9 Å². The van der Waals surface area contributed by atoms with Gasteiger partial charge in [-0.25, -0.2) is 4.68 Å². The van der Waals surface area contributed by atoms with Gasteiger partial charge in [0, 0.05) is 34.9 Å². The molecule has 0 bridgehead atoms. The van der Waals surface area contributed by atoms with Gasteiger partial charge in [0.25, 0.3) is 5.56 Å². The van der Waals surface area contributed by atoms with Gasteiger partial charge in [-0.15, -0.1) is 11.3 Å². The minimum absolute atomic E-state index is 0.0932. The standard InChI is InChI=1S/C27H30N4O2S/c1-18-16-22(24(32)17-29-14-8-12-23(29)25-13-9-15-34-25)19(2)30(18)26-20(3)28(4)31(27(26)33)21-10-6-5-7-11-21/h5-7,9-11,13,15-16,23H,8,12,14,17H2,1-4H3/t23-/m0/s1. The minimum atomic E-state index is -0.0932. The molecule has 4 heterocycles. The predicted octanol–water partition coefficient (Wildman–Crippen LogP) is 4.97. The number of Topliss-reactive ketones (excluding diaryl/α,β-unsaturated/α-hetero) is 1. The molecular formula is C27H30N4O2S. The molecule has 0 radical (unpaired) electrons. The number of hydrogen-bond acceptors (Lipinski definition) is 4. The Morgan fingerprint density at radius 1 is 1.06 bits per heavy atom. The number of aromatic nitrogens is 3. The van der Waals surface area contributed by atoms with E-state index in [4.69, 9.17) is 0 Å². The lowest BCUT2D eigenvalue weighted by molar-refractivity contribution is 0.0922. The molecule has 1 aliphatic heterocycles. The molecular weight excluding hydrogens is 444 g/mol. The maximum Gasteiger partial charge on any atom is 0.295 e. The zero-order chi connectivity index (χ0) is 24.0. The van der Waals surface area contributed by atoms with E-state index in [1.165, 1.54) is 4.88 Å². The van der Waals surface area contributed by atoms with E-state index in [2.05, 4.69) is 22.4 Å². The number of hydrogen-bond donors (Lipinski definition) is 0. The van der Waals surface area contributed by atoms with Gasteiger partial charge in [-0.1, -0.05) is 24.3 Å². The Kier molecular flexibility index (Phi) is 5.91. The van der Waals surface area contributed by atoms with Crippen molar-refractivity contribution in [1.82, 2.24) is 18.8 Å². The highest BCUT2D eigenvalue weighted by atomic mass is 32.1. The minimum Gasteiger partial charge on any atom is -0.311 e. The lowest BCUT2D eigenvalue weighted by atomic mass is 10.1. The normalized spacial score (nSPS) is 16.4. The smallest absolute Gasteiger partial charge is 0.295 e. The van der Waals surface area contributed by atoms with Gasteiger partial charge in [0.2, 0.25) is 0 Å². The van der Waals surface area contributed by atoms with Crippen molar-refractivity contribution < 1.29 is 4.79 Å². The fourth-order valence-electron chi connectivity index (χ4n) is 5.29. The van der Waals surface area contributed by atoms with Gasteiger partial charge in [-0.2, -0.15) is 0 Å². The summed E-state index contributed by atoms with van der Waals surface area (Å²) in [5.74, 6) is 0.111. The Hall–Kier alpha value is -3.16. The van der Waals surface area contributed by atoms with Gasteiger partial charge in [0.1, 0.15) is 5.69 Å². The number of thiophene rings is 1. The van der Waals surface area contributed by atoms with Crippen LogP contribution in [-0.4, -0.2) is 37.7 Å². The van der Waals surface area contributed by atoms with Crippen LogP contribution >= 0.6 is 11.3 Å². The van der Waals surface area contributed by atoms with E-state index in [0.29, 0.717) is 23.8 Å². The van der Waals surface area contributed by atoms with E-state index < -0.39 is 0 Å². The van der Waals surface area contributed by atoms with Crippen LogP contribution < -0.4 is 5.56 Å². The molecule has 7 heteroatoms. The van der Waals surface area contributed by atoms with Crippen LogP contribution in [0.5, 0.6) is 0 Å². The van der Waals surface area contributed by atoms with Crippen LogP contribution in [0.15, 0.2) is 58.7 Å². The summed E-state index contributed by atoms with van der Waals surface area (Å²) in [4.78, 5) is 30.7. The number of aryl methyl sites for hydroxylation is 1. The summed E-state index contributed by atoms with van der Waals surface area (Å²) in [6, 6.07) is 16.1. The molecule has 0 aliphatic carbocycles. The first-order valence-corrected chi connectivity index (χ1v) is 12.6. The number of carbonyl (C=O) groups is 1. The maximum atomic E-state index is 13.6. The second-order valence-electron chi connectivity index (χ2n) is 9.10. The van der Waals surface area contributed by atoms with Crippen LogP contribution in [0.25, 0.3) is 11.4 Å². The average Bonchev–Trinajstić information content (AvgIpc) is 3.60. The van der Waals surface area contributed by atoms with Crippen LogP contribution in [0.4, 0.5) is 0 Å². The topological polar surface area (TPSA) is 52.2 Å². The highest BCUT2D eigenvalue weighted by Gasteiger charge is 2.30. The largest absolute Gasteiger partial charge is 0.311 e. The summed E-state index contributed by atoms with van der Waals surface area (Å²) in [5.41, 5.74) is 4.58. The highest BCUT2D eigenvalue weighted by Crippen LogP contribution is 2.34. The second kappa shape index (κ2) is 8.89. The second-order valence-corrected chi connectivity index (χ2v) is 10.1. The quantitative estimate of drug-likeness (QED) is 0.371. The third kappa shape index (κ3) is 3.69. The van der Waals surface area contributed by atoms with Crippen molar-refractivity contribution in [3.63, 3.8) is 0 Å². The molecule has 3 aromatic heterocycles. The Morgan fingerprint density at radius 3 is 2.53 bits per heavy atom. The summed E-state index contributed by atoms with van der Waals surface area (Å²) in [7, 11) is 1.89. The molecule has 0 spiro atoms. The van der Waals surface area contributed by atoms with Crippen molar-refractivity contribution in [3.8, 4) is 11.4 Å². The van der Waals surface area contributed by atoms with Crippen LogP contribution in [-0.2, 0) is 7.05 Å². The van der Waals surface area contributed by atoms with Crippen molar-refractivity contribution >= 4 is 17.1 Å². The summed E-state index contributed by atoms with van der Waals surface area (Å²) >= 11 is 1.76. The molecule has 0 saturated carbocycles. The SMILES string of the molecule is Cc1cc(C(=O)CN2CCC[C@H]2c2cccs2)c(C)n1-c1c(C)n(C)n(-c2ccccc2)c1=O. The van der Waals surface area contributed by atoms with Crippen molar-refractivity contribution in [2.75, 3.05) is 13.1 Å². The van der Waals surface area contributed by atoms with Crippen LogP contribution in [0.2, 0.25) is 0 Å². The van der Waals surface area contributed by atoms with Gasteiger partial charge >= 0.3 is 0 Å². The molecule has 1 atom stereocenters. The first kappa shape index (κ1) is 22.6. The van der Waals surface area contributed by atoms with Crippen molar-refractivity contribution in [1.29, 1.82) is 0 Å². The van der Waals surface area contributed by atoms with Crippen LogP contribution in [0.1, 0.15) is 51.2 Å². The van der Waals surface area contributed by atoms with E-state index in [1.807, 2.05) is 73.5 Å². The number of likely N-dealkylation sites (tertiary alicyclic amines) is 1.